The third-order valence-electron chi connectivity index (χ3n) is 1.54. The monoisotopic (exact) mass is 176 g/mol. The summed E-state index contributed by atoms with van der Waals surface area (Å²) in [6.45, 7) is 0. The first-order valence-corrected chi connectivity index (χ1v) is 3.78. The summed E-state index contributed by atoms with van der Waals surface area (Å²) in [6.07, 6.45) is 3.20. The van der Waals surface area contributed by atoms with Crippen molar-refractivity contribution in [3.63, 3.8) is 0 Å². The zero-order valence-corrected chi connectivity index (χ0v) is 7.08. The van der Waals surface area contributed by atoms with Crippen molar-refractivity contribution in [3.05, 3.63) is 30.6 Å². The zero-order valence-electron chi connectivity index (χ0n) is 7.08. The van der Waals surface area contributed by atoms with Crippen LogP contribution in [0, 0.1) is 0 Å². The van der Waals surface area contributed by atoms with Crippen LogP contribution in [-0.4, -0.2) is 27.1 Å². The van der Waals surface area contributed by atoms with Gasteiger partial charge >= 0.3 is 0 Å². The fraction of sp³-hybridized carbons (Fsp3) is 0.125. The van der Waals surface area contributed by atoms with Gasteiger partial charge in [-0.25, -0.2) is 0 Å². The Balaban J connectivity index is 2.41. The SMILES string of the molecule is COc1cccc(-n2nccn2)n1. The van der Waals surface area contributed by atoms with Crippen LogP contribution in [0.5, 0.6) is 5.88 Å². The van der Waals surface area contributed by atoms with Gasteiger partial charge in [0.1, 0.15) is 0 Å². The van der Waals surface area contributed by atoms with Gasteiger partial charge in [0, 0.05) is 6.07 Å². The predicted molar refractivity (Wildman–Crippen MR) is 45.7 cm³/mol. The van der Waals surface area contributed by atoms with E-state index in [4.69, 9.17) is 4.74 Å². The molecule has 2 aromatic heterocycles. The molecule has 0 aliphatic carbocycles. The molecule has 0 N–H and O–H groups in total. The van der Waals surface area contributed by atoms with E-state index < -0.39 is 0 Å². The summed E-state index contributed by atoms with van der Waals surface area (Å²) in [5.74, 6) is 1.19. The summed E-state index contributed by atoms with van der Waals surface area (Å²) in [7, 11) is 1.57. The van der Waals surface area contributed by atoms with Crippen LogP contribution in [0.2, 0.25) is 0 Å². The zero-order chi connectivity index (χ0) is 9.10. The highest BCUT2D eigenvalue weighted by Gasteiger charge is 1.99. The molecule has 0 fully saturated rings. The van der Waals surface area contributed by atoms with Crippen molar-refractivity contribution in [2.75, 3.05) is 7.11 Å². The summed E-state index contributed by atoms with van der Waals surface area (Å²) >= 11 is 0. The first-order chi connectivity index (χ1) is 6.40. The number of pyridine rings is 1. The second-order valence-corrected chi connectivity index (χ2v) is 2.36. The molecule has 0 amide bonds. The quantitative estimate of drug-likeness (QED) is 0.674. The first-order valence-electron chi connectivity index (χ1n) is 3.78. The maximum absolute atomic E-state index is 4.97. The van der Waals surface area contributed by atoms with Gasteiger partial charge in [-0.3, -0.25) is 0 Å². The van der Waals surface area contributed by atoms with E-state index in [1.54, 1.807) is 25.6 Å². The smallest absolute Gasteiger partial charge is 0.215 e. The maximum atomic E-state index is 4.97. The number of nitrogens with zero attached hydrogens (tertiary/aromatic N) is 4. The van der Waals surface area contributed by atoms with Gasteiger partial charge in [0.2, 0.25) is 5.88 Å². The Morgan fingerprint density at radius 3 is 2.69 bits per heavy atom. The highest BCUT2D eigenvalue weighted by atomic mass is 16.5. The fourth-order valence-electron chi connectivity index (χ4n) is 0.963. The molecule has 0 aliphatic rings. The minimum Gasteiger partial charge on any atom is -0.481 e. The highest BCUT2D eigenvalue weighted by molar-refractivity contribution is 5.24. The van der Waals surface area contributed by atoms with Gasteiger partial charge in [0.15, 0.2) is 5.82 Å². The van der Waals surface area contributed by atoms with E-state index in [1.807, 2.05) is 12.1 Å². The van der Waals surface area contributed by atoms with Crippen LogP contribution in [0.3, 0.4) is 0 Å². The largest absolute Gasteiger partial charge is 0.481 e. The number of ether oxygens (including phenoxy) is 1. The molecule has 0 aliphatic heterocycles. The molecule has 0 saturated heterocycles. The predicted octanol–water partition coefficient (Wildman–Crippen LogP) is 0.671. The van der Waals surface area contributed by atoms with Crippen molar-refractivity contribution in [2.45, 2.75) is 0 Å². The number of rotatable bonds is 2. The van der Waals surface area contributed by atoms with Crippen LogP contribution in [0.15, 0.2) is 30.6 Å². The van der Waals surface area contributed by atoms with Gasteiger partial charge in [-0.1, -0.05) is 6.07 Å². The number of aromatic nitrogens is 4. The van der Waals surface area contributed by atoms with Crippen LogP contribution in [0.4, 0.5) is 0 Å². The Bertz CT molecular complexity index is 385. The number of methoxy groups -OCH3 is 1. The molecule has 5 heteroatoms. The molecule has 2 rings (SSSR count). The molecule has 0 atom stereocenters. The van der Waals surface area contributed by atoms with Crippen molar-refractivity contribution in [1.82, 2.24) is 20.0 Å². The molecule has 0 aromatic carbocycles. The van der Waals surface area contributed by atoms with Crippen molar-refractivity contribution < 1.29 is 4.74 Å². The standard InChI is InChI=1S/C8H8N4O/c1-13-8-4-2-3-7(11-8)12-9-5-6-10-12/h2-6H,1H3. The molecule has 66 valence electrons. The lowest BCUT2D eigenvalue weighted by Crippen LogP contribution is -2.01. The summed E-state index contributed by atoms with van der Waals surface area (Å²) < 4.78 is 4.97. The van der Waals surface area contributed by atoms with Crippen molar-refractivity contribution in [2.24, 2.45) is 0 Å². The van der Waals surface area contributed by atoms with Gasteiger partial charge in [-0.2, -0.15) is 15.2 Å². The van der Waals surface area contributed by atoms with Crippen LogP contribution >= 0.6 is 0 Å². The normalized spacial score (nSPS) is 9.92. The van der Waals surface area contributed by atoms with Gasteiger partial charge in [0.25, 0.3) is 0 Å². The van der Waals surface area contributed by atoms with Crippen LogP contribution in [0.25, 0.3) is 5.82 Å². The fourth-order valence-corrected chi connectivity index (χ4v) is 0.963. The van der Waals surface area contributed by atoms with Crippen LogP contribution < -0.4 is 4.74 Å². The number of hydrogen-bond donors (Lipinski definition) is 0. The van der Waals surface area contributed by atoms with Gasteiger partial charge < -0.3 is 4.74 Å². The minimum atomic E-state index is 0.551. The third-order valence-corrected chi connectivity index (χ3v) is 1.54. The van der Waals surface area contributed by atoms with E-state index >= 15 is 0 Å². The average Bonchev–Trinajstić information content (AvgIpc) is 2.71. The summed E-state index contributed by atoms with van der Waals surface area (Å²) in [5.41, 5.74) is 0. The van der Waals surface area contributed by atoms with E-state index in [1.165, 1.54) is 4.80 Å². The van der Waals surface area contributed by atoms with E-state index in [9.17, 15) is 0 Å². The minimum absolute atomic E-state index is 0.551. The van der Waals surface area contributed by atoms with Crippen LogP contribution in [0.1, 0.15) is 0 Å². The molecule has 13 heavy (non-hydrogen) atoms. The van der Waals surface area contributed by atoms with Crippen molar-refractivity contribution >= 4 is 0 Å². The molecule has 0 unspecified atom stereocenters. The van der Waals surface area contributed by atoms with Crippen molar-refractivity contribution in [3.8, 4) is 11.7 Å². The van der Waals surface area contributed by atoms with Crippen LogP contribution in [-0.2, 0) is 0 Å². The van der Waals surface area contributed by atoms with Gasteiger partial charge in [-0.05, 0) is 6.07 Å². The second-order valence-electron chi connectivity index (χ2n) is 2.36. The lowest BCUT2D eigenvalue weighted by molar-refractivity contribution is 0.396. The topological polar surface area (TPSA) is 52.8 Å². The molecular weight excluding hydrogens is 168 g/mol. The third kappa shape index (κ3) is 1.48. The van der Waals surface area contributed by atoms with E-state index in [2.05, 4.69) is 15.2 Å². The number of hydrogen-bond acceptors (Lipinski definition) is 4. The Morgan fingerprint density at radius 2 is 2.00 bits per heavy atom. The van der Waals surface area contributed by atoms with E-state index in [0.717, 1.165) is 0 Å². The molecule has 2 heterocycles. The molecule has 0 spiro atoms. The lowest BCUT2D eigenvalue weighted by atomic mass is 10.4. The van der Waals surface area contributed by atoms with E-state index in [0.29, 0.717) is 11.7 Å². The molecule has 5 nitrogen and oxygen atoms in total. The average molecular weight is 176 g/mol. The lowest BCUT2D eigenvalue weighted by Gasteiger charge is -2.00. The molecule has 2 aromatic rings. The molecule has 0 saturated carbocycles. The Morgan fingerprint density at radius 1 is 1.23 bits per heavy atom. The summed E-state index contributed by atoms with van der Waals surface area (Å²) in [5, 5.41) is 7.90. The van der Waals surface area contributed by atoms with Crippen molar-refractivity contribution in [1.29, 1.82) is 0 Å². The highest BCUT2D eigenvalue weighted by Crippen LogP contribution is 2.08. The maximum Gasteiger partial charge on any atom is 0.215 e. The first kappa shape index (κ1) is 7.72. The second kappa shape index (κ2) is 3.22. The summed E-state index contributed by atoms with van der Waals surface area (Å²) in [6, 6.07) is 5.42. The van der Waals surface area contributed by atoms with Gasteiger partial charge in [0.05, 0.1) is 19.5 Å². The Kier molecular flexibility index (Phi) is 1.91. The van der Waals surface area contributed by atoms with Gasteiger partial charge in [-0.15, -0.1) is 4.80 Å². The molecule has 0 bridgehead atoms. The molecule has 0 radical (unpaired) electrons. The molecular formula is C8H8N4O. The summed E-state index contributed by atoms with van der Waals surface area (Å²) in [4.78, 5) is 5.58. The Labute approximate surface area is 75.0 Å². The Hall–Kier alpha value is -1.91. The van der Waals surface area contributed by atoms with E-state index in [-0.39, 0.29) is 0 Å².